The summed E-state index contributed by atoms with van der Waals surface area (Å²) < 4.78 is 7.15. The molecular weight excluding hydrogens is 350 g/mol. The van der Waals surface area contributed by atoms with Gasteiger partial charge in [0.15, 0.2) is 11.6 Å². The zero-order valence-corrected chi connectivity index (χ0v) is 16.5. The Morgan fingerprint density at radius 2 is 1.82 bits per heavy atom. The number of hydrogen-bond acceptors (Lipinski definition) is 4. The van der Waals surface area contributed by atoms with Gasteiger partial charge in [-0.15, -0.1) is 5.10 Å². The number of aryl methyl sites for hydroxylation is 1. The number of nitrogens with one attached hydrogen (secondary N) is 1. The van der Waals surface area contributed by atoms with Crippen LogP contribution in [0.25, 0.3) is 5.69 Å². The topological polar surface area (TPSA) is 56.1 Å². The highest BCUT2D eigenvalue weighted by Gasteiger charge is 2.31. The highest BCUT2D eigenvalue weighted by atomic mass is 16.5. The molecular formula is C23H25N3O2. The average Bonchev–Trinajstić information content (AvgIpc) is 3.07. The smallest absolute Gasteiger partial charge is 0.168 e. The quantitative estimate of drug-likeness (QED) is 0.685. The van der Waals surface area contributed by atoms with Gasteiger partial charge in [-0.1, -0.05) is 26.0 Å². The number of fused-ring (bicyclic) bond motifs is 1. The average molecular weight is 375 g/mol. The van der Waals surface area contributed by atoms with E-state index in [0.29, 0.717) is 23.7 Å². The minimum atomic E-state index is 0.154. The minimum absolute atomic E-state index is 0.154. The lowest BCUT2D eigenvalue weighted by atomic mass is 9.87. The van der Waals surface area contributed by atoms with Crippen LogP contribution in [0.2, 0.25) is 0 Å². The third-order valence-electron chi connectivity index (χ3n) is 5.28. The van der Waals surface area contributed by atoms with Crippen molar-refractivity contribution in [2.24, 2.45) is 5.92 Å². The lowest BCUT2D eigenvalue weighted by Gasteiger charge is -2.19. The summed E-state index contributed by atoms with van der Waals surface area (Å²) in [7, 11) is 1.65. The first kappa shape index (κ1) is 18.3. The number of benzene rings is 2. The van der Waals surface area contributed by atoms with Crippen molar-refractivity contribution in [3.63, 3.8) is 0 Å². The third-order valence-corrected chi connectivity index (χ3v) is 5.28. The van der Waals surface area contributed by atoms with Gasteiger partial charge in [-0.25, -0.2) is 4.68 Å². The van der Waals surface area contributed by atoms with E-state index in [-0.39, 0.29) is 5.78 Å². The Bertz CT molecular complexity index is 988. The molecule has 1 aliphatic rings. The van der Waals surface area contributed by atoms with Crippen molar-refractivity contribution in [3.05, 3.63) is 65.4 Å². The zero-order valence-electron chi connectivity index (χ0n) is 16.5. The van der Waals surface area contributed by atoms with E-state index in [4.69, 9.17) is 9.84 Å². The molecule has 1 aliphatic carbocycles. The number of ketones is 1. The normalized spacial score (nSPS) is 16.0. The number of anilines is 2. The number of carbonyl (C=O) groups excluding carboxylic acids is 1. The molecule has 0 unspecified atom stereocenters. The van der Waals surface area contributed by atoms with Gasteiger partial charge in [0.05, 0.1) is 24.1 Å². The van der Waals surface area contributed by atoms with Crippen molar-refractivity contribution in [1.29, 1.82) is 0 Å². The molecule has 2 aromatic carbocycles. The molecule has 28 heavy (non-hydrogen) atoms. The number of ether oxygens (including phenoxy) is 1. The molecule has 1 atom stereocenters. The molecule has 1 heterocycles. The van der Waals surface area contributed by atoms with Crippen LogP contribution in [-0.2, 0) is 12.8 Å². The molecule has 4 rings (SSSR count). The SMILES string of the molecule is CCc1ccc(Nc2nn(-c3ccc(OC)cc3)c3c2C(=O)C[C@@H](C)C3)cc1. The third kappa shape index (κ3) is 3.40. The summed E-state index contributed by atoms with van der Waals surface area (Å²) in [5.41, 5.74) is 4.83. The minimum Gasteiger partial charge on any atom is -0.497 e. The van der Waals surface area contributed by atoms with Crippen molar-refractivity contribution >= 4 is 17.3 Å². The van der Waals surface area contributed by atoms with Crippen LogP contribution in [0.1, 0.15) is 41.9 Å². The molecule has 0 amide bonds. The van der Waals surface area contributed by atoms with E-state index in [2.05, 4.69) is 31.3 Å². The fourth-order valence-electron chi connectivity index (χ4n) is 3.74. The molecule has 5 heteroatoms. The molecule has 144 valence electrons. The molecule has 0 saturated heterocycles. The van der Waals surface area contributed by atoms with E-state index in [0.717, 1.165) is 35.7 Å². The Kier molecular flexibility index (Phi) is 4.90. The lowest BCUT2D eigenvalue weighted by molar-refractivity contribution is 0.0953. The van der Waals surface area contributed by atoms with Gasteiger partial charge < -0.3 is 10.1 Å². The maximum atomic E-state index is 12.8. The van der Waals surface area contributed by atoms with Crippen LogP contribution >= 0.6 is 0 Å². The zero-order chi connectivity index (χ0) is 19.7. The number of rotatable bonds is 5. The van der Waals surface area contributed by atoms with Crippen molar-refractivity contribution in [2.75, 3.05) is 12.4 Å². The summed E-state index contributed by atoms with van der Waals surface area (Å²) in [5.74, 6) is 1.89. The molecule has 0 bridgehead atoms. The molecule has 1 N–H and O–H groups in total. The van der Waals surface area contributed by atoms with E-state index in [9.17, 15) is 4.79 Å². The van der Waals surface area contributed by atoms with Gasteiger partial charge in [0.25, 0.3) is 0 Å². The number of methoxy groups -OCH3 is 1. The Balaban J connectivity index is 1.76. The second-order valence-corrected chi connectivity index (χ2v) is 7.39. The van der Waals surface area contributed by atoms with Gasteiger partial charge in [-0.2, -0.15) is 0 Å². The predicted octanol–water partition coefficient (Wildman–Crippen LogP) is 4.95. The molecule has 1 aromatic heterocycles. The van der Waals surface area contributed by atoms with E-state index in [1.165, 1.54) is 5.56 Å². The van der Waals surface area contributed by atoms with Gasteiger partial charge in [0.1, 0.15) is 5.75 Å². The monoisotopic (exact) mass is 375 g/mol. The maximum absolute atomic E-state index is 12.8. The highest BCUT2D eigenvalue weighted by molar-refractivity contribution is 6.03. The first-order chi connectivity index (χ1) is 13.6. The number of carbonyl (C=O) groups is 1. The lowest BCUT2D eigenvalue weighted by Crippen LogP contribution is -2.19. The van der Waals surface area contributed by atoms with E-state index in [1.807, 2.05) is 41.1 Å². The van der Waals surface area contributed by atoms with Crippen LogP contribution in [0, 0.1) is 5.92 Å². The Hall–Kier alpha value is -3.08. The van der Waals surface area contributed by atoms with Crippen LogP contribution in [-0.4, -0.2) is 22.7 Å². The molecule has 0 radical (unpaired) electrons. The number of Topliss-reactive ketones (excluding diaryl/α,β-unsaturated/α-hetero) is 1. The van der Waals surface area contributed by atoms with E-state index in [1.54, 1.807) is 7.11 Å². The van der Waals surface area contributed by atoms with Crippen molar-refractivity contribution in [3.8, 4) is 11.4 Å². The van der Waals surface area contributed by atoms with Crippen molar-refractivity contribution in [1.82, 2.24) is 9.78 Å². The number of nitrogens with zero attached hydrogens (tertiary/aromatic N) is 2. The van der Waals surface area contributed by atoms with Crippen LogP contribution in [0.5, 0.6) is 5.75 Å². The summed E-state index contributed by atoms with van der Waals surface area (Å²) >= 11 is 0. The standard InChI is InChI=1S/C23H25N3O2/c1-4-16-5-7-17(8-6-16)24-23-22-20(13-15(2)14-21(22)27)26(25-23)18-9-11-19(28-3)12-10-18/h5-12,15H,4,13-14H2,1-3H3,(H,24,25)/t15-/m0/s1. The summed E-state index contributed by atoms with van der Waals surface area (Å²) in [6.45, 7) is 4.25. The summed E-state index contributed by atoms with van der Waals surface area (Å²) in [5, 5.41) is 8.15. The predicted molar refractivity (Wildman–Crippen MR) is 111 cm³/mol. The number of hydrogen-bond donors (Lipinski definition) is 1. The van der Waals surface area contributed by atoms with Crippen LogP contribution in [0.3, 0.4) is 0 Å². The van der Waals surface area contributed by atoms with Gasteiger partial charge in [-0.3, -0.25) is 4.79 Å². The van der Waals surface area contributed by atoms with Crippen molar-refractivity contribution < 1.29 is 9.53 Å². The fraction of sp³-hybridized carbons (Fsp3) is 0.304. The summed E-state index contributed by atoms with van der Waals surface area (Å²) in [4.78, 5) is 12.8. The molecule has 0 spiro atoms. The number of aromatic nitrogens is 2. The second kappa shape index (κ2) is 7.50. The van der Waals surface area contributed by atoms with Crippen LogP contribution in [0.4, 0.5) is 11.5 Å². The second-order valence-electron chi connectivity index (χ2n) is 7.39. The molecule has 3 aromatic rings. The largest absolute Gasteiger partial charge is 0.497 e. The van der Waals surface area contributed by atoms with E-state index < -0.39 is 0 Å². The van der Waals surface area contributed by atoms with Gasteiger partial charge in [-0.05, 0) is 60.7 Å². The van der Waals surface area contributed by atoms with Gasteiger partial charge >= 0.3 is 0 Å². The van der Waals surface area contributed by atoms with Gasteiger partial charge in [0, 0.05) is 12.1 Å². The fourth-order valence-corrected chi connectivity index (χ4v) is 3.74. The van der Waals surface area contributed by atoms with E-state index >= 15 is 0 Å². The Morgan fingerprint density at radius 1 is 1.11 bits per heavy atom. The molecule has 0 aliphatic heterocycles. The van der Waals surface area contributed by atoms with Crippen LogP contribution in [0.15, 0.2) is 48.5 Å². The highest BCUT2D eigenvalue weighted by Crippen LogP contribution is 2.34. The molecule has 0 saturated carbocycles. The first-order valence-corrected chi connectivity index (χ1v) is 9.74. The maximum Gasteiger partial charge on any atom is 0.168 e. The van der Waals surface area contributed by atoms with Gasteiger partial charge in [0.2, 0.25) is 0 Å². The molecule has 0 fully saturated rings. The van der Waals surface area contributed by atoms with Crippen molar-refractivity contribution in [2.45, 2.75) is 33.1 Å². The Morgan fingerprint density at radius 3 is 2.46 bits per heavy atom. The van der Waals surface area contributed by atoms with Crippen LogP contribution < -0.4 is 10.1 Å². The summed E-state index contributed by atoms with van der Waals surface area (Å²) in [6, 6.07) is 16.0. The Labute approximate surface area is 165 Å². The molecule has 5 nitrogen and oxygen atoms in total. The summed E-state index contributed by atoms with van der Waals surface area (Å²) in [6.07, 6.45) is 2.39. The first-order valence-electron chi connectivity index (χ1n) is 9.74.